The highest BCUT2D eigenvalue weighted by Gasteiger charge is 2.27. The molecule has 2 heterocycles. The predicted molar refractivity (Wildman–Crippen MR) is 74.3 cm³/mol. The Labute approximate surface area is 118 Å². The summed E-state index contributed by atoms with van der Waals surface area (Å²) in [4.78, 5) is 15.9. The molecular weight excluding hydrogens is 258 g/mol. The molecule has 6 nitrogen and oxygen atoms in total. The second kappa shape index (κ2) is 7.81. The Morgan fingerprint density at radius 1 is 1.55 bits per heavy atom. The van der Waals surface area contributed by atoms with Gasteiger partial charge in [0.05, 0.1) is 25.3 Å². The minimum absolute atomic E-state index is 0.00220. The van der Waals surface area contributed by atoms with E-state index < -0.39 is 0 Å². The number of ether oxygens (including phenoxy) is 1. The summed E-state index contributed by atoms with van der Waals surface area (Å²) < 4.78 is 5.68. The number of hydrogen-bond donors (Lipinski definition) is 3. The molecule has 0 spiro atoms. The molecule has 0 aromatic carbocycles. The van der Waals surface area contributed by atoms with Crippen LogP contribution < -0.4 is 15.4 Å². The number of aliphatic hydroxyl groups excluding tert-OH is 1. The monoisotopic (exact) mass is 279 g/mol. The molecule has 110 valence electrons. The van der Waals surface area contributed by atoms with Gasteiger partial charge >= 0.3 is 0 Å². The highest BCUT2D eigenvalue weighted by Crippen LogP contribution is 2.18. The van der Waals surface area contributed by atoms with E-state index in [0.29, 0.717) is 25.6 Å². The molecule has 1 amide bonds. The molecule has 1 fully saturated rings. The number of carbonyl (C=O) groups excluding carboxylic acids is 1. The molecule has 0 unspecified atom stereocenters. The molecule has 1 aliphatic heterocycles. The van der Waals surface area contributed by atoms with E-state index in [1.807, 2.05) is 12.1 Å². The standard InChI is InChI=1S/C14H21N3O3/c18-5-4-17-14(19)12-6-11(7-16-8-12)10-20-13-2-1-3-15-9-13/h1-3,9,11-12,16,18H,4-8,10H2,(H,17,19)/t11-,12+/m0/s1. The molecule has 0 saturated carbocycles. The minimum atomic E-state index is -0.0576. The van der Waals surface area contributed by atoms with Crippen molar-refractivity contribution in [3.8, 4) is 5.75 Å². The Balaban J connectivity index is 1.77. The highest BCUT2D eigenvalue weighted by molar-refractivity contribution is 5.79. The van der Waals surface area contributed by atoms with Gasteiger partial charge in [-0.2, -0.15) is 0 Å². The number of piperidine rings is 1. The van der Waals surface area contributed by atoms with E-state index in [1.165, 1.54) is 0 Å². The van der Waals surface area contributed by atoms with Gasteiger partial charge in [0.25, 0.3) is 0 Å². The van der Waals surface area contributed by atoms with Crippen LogP contribution in [-0.2, 0) is 4.79 Å². The second-order valence-electron chi connectivity index (χ2n) is 4.97. The SMILES string of the molecule is O=C(NCCO)[C@H]1CNC[C@@H](COc2cccnc2)C1. The van der Waals surface area contributed by atoms with Crippen LogP contribution in [0, 0.1) is 11.8 Å². The van der Waals surface area contributed by atoms with Crippen molar-refractivity contribution in [2.24, 2.45) is 11.8 Å². The summed E-state index contributed by atoms with van der Waals surface area (Å²) in [5.74, 6) is 0.989. The van der Waals surface area contributed by atoms with Gasteiger partial charge in [-0.05, 0) is 18.6 Å². The fourth-order valence-electron chi connectivity index (χ4n) is 2.33. The van der Waals surface area contributed by atoms with Gasteiger partial charge < -0.3 is 20.5 Å². The third-order valence-corrected chi connectivity index (χ3v) is 3.34. The van der Waals surface area contributed by atoms with Crippen molar-refractivity contribution in [3.05, 3.63) is 24.5 Å². The lowest BCUT2D eigenvalue weighted by molar-refractivity contribution is -0.126. The van der Waals surface area contributed by atoms with Crippen molar-refractivity contribution in [2.75, 3.05) is 32.8 Å². The van der Waals surface area contributed by atoms with Crippen molar-refractivity contribution in [3.63, 3.8) is 0 Å². The average molecular weight is 279 g/mol. The number of nitrogens with one attached hydrogen (secondary N) is 2. The van der Waals surface area contributed by atoms with Crippen LogP contribution in [0.4, 0.5) is 0 Å². The molecule has 0 bridgehead atoms. The number of amides is 1. The second-order valence-corrected chi connectivity index (χ2v) is 4.97. The van der Waals surface area contributed by atoms with Crippen molar-refractivity contribution >= 4 is 5.91 Å². The van der Waals surface area contributed by atoms with Crippen LogP contribution in [0.2, 0.25) is 0 Å². The summed E-state index contributed by atoms with van der Waals surface area (Å²) >= 11 is 0. The molecule has 6 heteroatoms. The smallest absolute Gasteiger partial charge is 0.224 e. The Kier molecular flexibility index (Phi) is 5.76. The summed E-state index contributed by atoms with van der Waals surface area (Å²) in [6.07, 6.45) is 4.18. The van der Waals surface area contributed by atoms with Crippen LogP contribution in [-0.4, -0.2) is 48.8 Å². The maximum absolute atomic E-state index is 11.9. The molecule has 1 aromatic rings. The number of hydrogen-bond acceptors (Lipinski definition) is 5. The predicted octanol–water partition coefficient (Wildman–Crippen LogP) is -0.205. The summed E-state index contributed by atoms with van der Waals surface area (Å²) in [6.45, 7) is 2.39. The number of aromatic nitrogens is 1. The fourth-order valence-corrected chi connectivity index (χ4v) is 2.33. The maximum Gasteiger partial charge on any atom is 0.224 e. The van der Waals surface area contributed by atoms with Crippen LogP contribution in [0.15, 0.2) is 24.5 Å². The maximum atomic E-state index is 11.9. The zero-order chi connectivity index (χ0) is 14.2. The van der Waals surface area contributed by atoms with Crippen molar-refractivity contribution in [1.82, 2.24) is 15.6 Å². The van der Waals surface area contributed by atoms with E-state index in [4.69, 9.17) is 9.84 Å². The molecule has 20 heavy (non-hydrogen) atoms. The first-order valence-corrected chi connectivity index (χ1v) is 6.91. The lowest BCUT2D eigenvalue weighted by Gasteiger charge is -2.29. The first-order chi connectivity index (χ1) is 9.79. The first-order valence-electron chi connectivity index (χ1n) is 6.91. The zero-order valence-corrected chi connectivity index (χ0v) is 11.4. The van der Waals surface area contributed by atoms with Crippen LogP contribution in [0.3, 0.4) is 0 Å². The largest absolute Gasteiger partial charge is 0.492 e. The molecule has 2 rings (SSSR count). The first kappa shape index (κ1) is 14.7. The van der Waals surface area contributed by atoms with Crippen molar-refractivity contribution < 1.29 is 14.6 Å². The minimum Gasteiger partial charge on any atom is -0.492 e. The number of pyridine rings is 1. The van der Waals surface area contributed by atoms with Gasteiger partial charge in [0.1, 0.15) is 5.75 Å². The number of rotatable bonds is 6. The topological polar surface area (TPSA) is 83.5 Å². The van der Waals surface area contributed by atoms with Gasteiger partial charge in [-0.25, -0.2) is 0 Å². The summed E-state index contributed by atoms with van der Waals surface area (Å²) in [5.41, 5.74) is 0. The van der Waals surface area contributed by atoms with Gasteiger partial charge in [0.15, 0.2) is 0 Å². The number of nitrogens with zero attached hydrogens (tertiary/aromatic N) is 1. The zero-order valence-electron chi connectivity index (χ0n) is 11.4. The van der Waals surface area contributed by atoms with Gasteiger partial charge in [-0.15, -0.1) is 0 Å². The molecule has 2 atom stereocenters. The van der Waals surface area contributed by atoms with E-state index in [2.05, 4.69) is 15.6 Å². The van der Waals surface area contributed by atoms with E-state index in [1.54, 1.807) is 12.4 Å². The van der Waals surface area contributed by atoms with E-state index in [-0.39, 0.29) is 18.4 Å². The van der Waals surface area contributed by atoms with Crippen LogP contribution in [0.5, 0.6) is 5.75 Å². The molecule has 1 aliphatic rings. The summed E-state index contributed by atoms with van der Waals surface area (Å²) in [6, 6.07) is 3.70. The Morgan fingerprint density at radius 2 is 2.45 bits per heavy atom. The number of carbonyl (C=O) groups is 1. The molecule has 0 radical (unpaired) electrons. The molecular formula is C14H21N3O3. The highest BCUT2D eigenvalue weighted by atomic mass is 16.5. The van der Waals surface area contributed by atoms with E-state index >= 15 is 0 Å². The number of aliphatic hydroxyl groups is 1. The van der Waals surface area contributed by atoms with E-state index in [0.717, 1.165) is 18.7 Å². The molecule has 0 aliphatic carbocycles. The lowest BCUT2D eigenvalue weighted by Crippen LogP contribution is -2.45. The van der Waals surface area contributed by atoms with Crippen LogP contribution in [0.1, 0.15) is 6.42 Å². The Hall–Kier alpha value is -1.66. The van der Waals surface area contributed by atoms with E-state index in [9.17, 15) is 4.79 Å². The van der Waals surface area contributed by atoms with Gasteiger partial charge in [-0.3, -0.25) is 9.78 Å². The van der Waals surface area contributed by atoms with Crippen molar-refractivity contribution in [1.29, 1.82) is 0 Å². The fraction of sp³-hybridized carbons (Fsp3) is 0.571. The van der Waals surface area contributed by atoms with Gasteiger partial charge in [0.2, 0.25) is 5.91 Å². The molecule has 1 saturated heterocycles. The summed E-state index contributed by atoms with van der Waals surface area (Å²) in [7, 11) is 0. The quantitative estimate of drug-likeness (QED) is 0.671. The Morgan fingerprint density at radius 3 is 3.20 bits per heavy atom. The average Bonchev–Trinajstić information content (AvgIpc) is 2.52. The van der Waals surface area contributed by atoms with Crippen LogP contribution >= 0.6 is 0 Å². The lowest BCUT2D eigenvalue weighted by atomic mass is 9.90. The third kappa shape index (κ3) is 4.47. The Bertz CT molecular complexity index is 413. The normalized spacial score (nSPS) is 22.2. The molecule has 1 aromatic heterocycles. The third-order valence-electron chi connectivity index (χ3n) is 3.34. The van der Waals surface area contributed by atoms with Crippen molar-refractivity contribution in [2.45, 2.75) is 6.42 Å². The molecule has 3 N–H and O–H groups in total. The summed E-state index contributed by atoms with van der Waals surface area (Å²) in [5, 5.41) is 14.7. The van der Waals surface area contributed by atoms with Crippen LogP contribution in [0.25, 0.3) is 0 Å². The van der Waals surface area contributed by atoms with Gasteiger partial charge in [-0.1, -0.05) is 0 Å². The van der Waals surface area contributed by atoms with Gasteiger partial charge in [0, 0.05) is 31.7 Å².